The van der Waals surface area contributed by atoms with Gasteiger partial charge in [0.25, 0.3) is 0 Å². The van der Waals surface area contributed by atoms with E-state index in [2.05, 4.69) is 15.0 Å². The van der Waals surface area contributed by atoms with Crippen LogP contribution in [-0.4, -0.2) is 28.5 Å². The highest BCUT2D eigenvalue weighted by Gasteiger charge is 2.06. The molecule has 0 bridgehead atoms. The maximum Gasteiger partial charge on any atom is 0.347 e. The van der Waals surface area contributed by atoms with Crippen LogP contribution in [0, 0.1) is 11.3 Å². The zero-order chi connectivity index (χ0) is 13.0. The highest BCUT2D eigenvalue weighted by Crippen LogP contribution is 2.08. The van der Waals surface area contributed by atoms with Crippen LogP contribution in [0.4, 0.5) is 5.82 Å². The minimum atomic E-state index is -0.504. The van der Waals surface area contributed by atoms with E-state index in [1.807, 2.05) is 36.3 Å². The Labute approximate surface area is 104 Å². The molecule has 0 aliphatic heterocycles. The zero-order valence-corrected chi connectivity index (χ0v) is 9.97. The van der Waals surface area contributed by atoms with E-state index in [0.717, 1.165) is 12.1 Å². The number of aromatic amines is 2. The molecule has 0 amide bonds. The smallest absolute Gasteiger partial charge is 0.347 e. The fourth-order valence-corrected chi connectivity index (χ4v) is 1.63. The second-order valence-electron chi connectivity index (χ2n) is 3.94. The van der Waals surface area contributed by atoms with E-state index in [1.165, 1.54) is 0 Å². The molecule has 0 atom stereocenters. The van der Waals surface area contributed by atoms with Crippen LogP contribution in [0.15, 0.2) is 29.2 Å². The zero-order valence-electron chi connectivity index (χ0n) is 9.97. The first-order valence-corrected chi connectivity index (χ1v) is 5.54. The van der Waals surface area contributed by atoms with Crippen LogP contribution in [-0.2, 0) is 6.42 Å². The molecule has 2 aromatic heterocycles. The van der Waals surface area contributed by atoms with Crippen molar-refractivity contribution < 1.29 is 0 Å². The van der Waals surface area contributed by atoms with Crippen LogP contribution < -0.4 is 10.6 Å². The Morgan fingerprint density at radius 1 is 1.56 bits per heavy atom. The molecule has 92 valence electrons. The number of rotatable bonds is 4. The Balaban J connectivity index is 2.09. The first-order valence-electron chi connectivity index (χ1n) is 5.54. The molecule has 0 saturated carbocycles. The molecule has 0 radical (unpaired) electrons. The molecule has 0 fully saturated rings. The van der Waals surface area contributed by atoms with E-state index in [9.17, 15) is 4.79 Å². The summed E-state index contributed by atoms with van der Waals surface area (Å²) in [7, 11) is 1.84. The first kappa shape index (κ1) is 11.9. The van der Waals surface area contributed by atoms with E-state index in [0.29, 0.717) is 12.4 Å². The maximum atomic E-state index is 11.3. The van der Waals surface area contributed by atoms with E-state index < -0.39 is 5.69 Å². The summed E-state index contributed by atoms with van der Waals surface area (Å²) in [4.78, 5) is 22.4. The standard InChI is InChI=1S/C12H13N5O/c1-17(6-4-9-3-2-5-14-9)11-7-10(8-13)15-12(18)16-11/h2-3,5,7,14H,4,6H2,1H3,(H,15,16,18). The van der Waals surface area contributed by atoms with Gasteiger partial charge in [0.15, 0.2) is 0 Å². The van der Waals surface area contributed by atoms with Gasteiger partial charge in [0.1, 0.15) is 17.6 Å². The maximum absolute atomic E-state index is 11.3. The number of hydrogen-bond acceptors (Lipinski definition) is 4. The second kappa shape index (κ2) is 5.19. The van der Waals surface area contributed by atoms with E-state index >= 15 is 0 Å². The van der Waals surface area contributed by atoms with Gasteiger partial charge in [-0.2, -0.15) is 10.2 Å². The molecule has 6 heteroatoms. The molecule has 2 heterocycles. The van der Waals surface area contributed by atoms with Crippen LogP contribution in [0.3, 0.4) is 0 Å². The third-order valence-corrected chi connectivity index (χ3v) is 2.62. The summed E-state index contributed by atoms with van der Waals surface area (Å²) in [5.74, 6) is 0.502. The monoisotopic (exact) mass is 243 g/mol. The lowest BCUT2D eigenvalue weighted by molar-refractivity contribution is 0.834. The molecular weight excluding hydrogens is 230 g/mol. The summed E-state index contributed by atoms with van der Waals surface area (Å²) < 4.78 is 0. The predicted octanol–water partition coefficient (Wildman–Crippen LogP) is 0.649. The van der Waals surface area contributed by atoms with Gasteiger partial charge in [-0.25, -0.2) is 4.79 Å². The van der Waals surface area contributed by atoms with Gasteiger partial charge >= 0.3 is 5.69 Å². The number of likely N-dealkylation sites (N-methyl/N-ethyl adjacent to an activating group) is 1. The van der Waals surface area contributed by atoms with Crippen molar-refractivity contribution in [2.75, 3.05) is 18.5 Å². The summed E-state index contributed by atoms with van der Waals surface area (Å²) in [6, 6.07) is 7.41. The largest absolute Gasteiger partial charge is 0.365 e. The van der Waals surface area contributed by atoms with Crippen molar-refractivity contribution in [3.63, 3.8) is 0 Å². The molecule has 0 saturated heterocycles. The van der Waals surface area contributed by atoms with Gasteiger partial charge in [0.2, 0.25) is 0 Å². The van der Waals surface area contributed by atoms with Crippen LogP contribution in [0.2, 0.25) is 0 Å². The Morgan fingerprint density at radius 3 is 3.06 bits per heavy atom. The van der Waals surface area contributed by atoms with Gasteiger partial charge in [-0.3, -0.25) is 4.98 Å². The molecule has 0 aromatic carbocycles. The summed E-state index contributed by atoms with van der Waals surface area (Å²) in [5.41, 5.74) is 0.833. The first-order chi connectivity index (χ1) is 8.69. The van der Waals surface area contributed by atoms with Gasteiger partial charge in [0.05, 0.1) is 0 Å². The summed E-state index contributed by atoms with van der Waals surface area (Å²) in [5, 5.41) is 8.78. The molecule has 0 aliphatic carbocycles. The molecule has 18 heavy (non-hydrogen) atoms. The van der Waals surface area contributed by atoms with Crippen LogP contribution in [0.25, 0.3) is 0 Å². The van der Waals surface area contributed by atoms with Gasteiger partial charge in [-0.05, 0) is 12.1 Å². The van der Waals surface area contributed by atoms with E-state index in [4.69, 9.17) is 5.26 Å². The molecule has 0 spiro atoms. The molecule has 6 nitrogen and oxygen atoms in total. The number of nitrogens with one attached hydrogen (secondary N) is 2. The number of aromatic nitrogens is 3. The normalized spacial score (nSPS) is 10.0. The van der Waals surface area contributed by atoms with Crippen LogP contribution in [0.5, 0.6) is 0 Å². The SMILES string of the molecule is CN(CCc1ccc[nH]1)c1cc(C#N)[nH]c(=O)n1. The Bertz CT molecular complexity index is 608. The van der Waals surface area contributed by atoms with Gasteiger partial charge in [-0.15, -0.1) is 0 Å². The predicted molar refractivity (Wildman–Crippen MR) is 67.3 cm³/mol. The quantitative estimate of drug-likeness (QED) is 0.825. The highest BCUT2D eigenvalue weighted by molar-refractivity contribution is 5.41. The third-order valence-electron chi connectivity index (χ3n) is 2.62. The molecule has 0 unspecified atom stereocenters. The number of H-pyrrole nitrogens is 2. The third kappa shape index (κ3) is 2.77. The van der Waals surface area contributed by atoms with Crippen molar-refractivity contribution in [3.8, 4) is 6.07 Å². The number of nitrogens with zero attached hydrogens (tertiary/aromatic N) is 3. The Hall–Kier alpha value is -2.55. The summed E-state index contributed by atoms with van der Waals surface area (Å²) in [6.07, 6.45) is 2.69. The molecule has 2 rings (SSSR count). The fourth-order valence-electron chi connectivity index (χ4n) is 1.63. The van der Waals surface area contributed by atoms with Gasteiger partial charge < -0.3 is 9.88 Å². The summed E-state index contributed by atoms with van der Waals surface area (Å²) >= 11 is 0. The minimum absolute atomic E-state index is 0.219. The average Bonchev–Trinajstić information content (AvgIpc) is 2.88. The van der Waals surface area contributed by atoms with Crippen molar-refractivity contribution in [1.29, 1.82) is 5.26 Å². The lowest BCUT2D eigenvalue weighted by Gasteiger charge is -2.17. The fraction of sp³-hybridized carbons (Fsp3) is 0.250. The topological polar surface area (TPSA) is 88.6 Å². The highest BCUT2D eigenvalue weighted by atomic mass is 16.1. The van der Waals surface area contributed by atoms with Crippen molar-refractivity contribution in [1.82, 2.24) is 15.0 Å². The van der Waals surface area contributed by atoms with Crippen LogP contribution in [0.1, 0.15) is 11.4 Å². The number of nitriles is 1. The minimum Gasteiger partial charge on any atom is -0.365 e. The van der Waals surface area contributed by atoms with Gasteiger partial charge in [0, 0.05) is 38.0 Å². The lowest BCUT2D eigenvalue weighted by atomic mass is 10.3. The molecule has 2 aromatic rings. The average molecular weight is 243 g/mol. The van der Waals surface area contributed by atoms with Crippen molar-refractivity contribution in [2.24, 2.45) is 0 Å². The summed E-state index contributed by atoms with van der Waals surface area (Å²) in [6.45, 7) is 0.710. The van der Waals surface area contributed by atoms with Crippen LogP contribution >= 0.6 is 0 Å². The molecular formula is C12H13N5O. The van der Waals surface area contributed by atoms with Crippen molar-refractivity contribution >= 4 is 5.82 Å². The van der Waals surface area contributed by atoms with Crippen molar-refractivity contribution in [3.05, 3.63) is 46.3 Å². The van der Waals surface area contributed by atoms with E-state index in [-0.39, 0.29) is 5.69 Å². The number of anilines is 1. The molecule has 2 N–H and O–H groups in total. The Kier molecular flexibility index (Phi) is 3.44. The van der Waals surface area contributed by atoms with E-state index in [1.54, 1.807) is 6.07 Å². The number of hydrogen-bond donors (Lipinski definition) is 2. The lowest BCUT2D eigenvalue weighted by Crippen LogP contribution is -2.25. The second-order valence-corrected chi connectivity index (χ2v) is 3.94. The molecule has 0 aliphatic rings. The van der Waals surface area contributed by atoms with Gasteiger partial charge in [-0.1, -0.05) is 0 Å². The Morgan fingerprint density at radius 2 is 2.39 bits per heavy atom. The van der Waals surface area contributed by atoms with Crippen molar-refractivity contribution in [2.45, 2.75) is 6.42 Å².